The summed E-state index contributed by atoms with van der Waals surface area (Å²) in [6.07, 6.45) is 2.98. The third-order valence-electron chi connectivity index (χ3n) is 4.65. The summed E-state index contributed by atoms with van der Waals surface area (Å²) in [4.78, 5) is 49.9. The lowest BCUT2D eigenvalue weighted by atomic mass is 10.1. The first-order chi connectivity index (χ1) is 16.1. The van der Waals surface area contributed by atoms with Gasteiger partial charge in [-0.25, -0.2) is 4.79 Å². The van der Waals surface area contributed by atoms with E-state index in [-0.39, 0.29) is 41.1 Å². The lowest BCUT2D eigenvalue weighted by Crippen LogP contribution is -2.21. The van der Waals surface area contributed by atoms with Gasteiger partial charge in [-0.05, 0) is 31.0 Å². The van der Waals surface area contributed by atoms with Crippen molar-refractivity contribution in [2.45, 2.75) is 26.8 Å². The summed E-state index contributed by atoms with van der Waals surface area (Å²) in [6.45, 7) is 3.76. The molecule has 0 bridgehead atoms. The van der Waals surface area contributed by atoms with Gasteiger partial charge in [0.25, 0.3) is 11.8 Å². The fraction of sp³-hybridized carbons (Fsp3) is 0.333. The fourth-order valence-electron chi connectivity index (χ4n) is 2.96. The normalized spacial score (nSPS) is 10.7. The Hall–Kier alpha value is -4.00. The number of anilines is 1. The van der Waals surface area contributed by atoms with Crippen LogP contribution in [-0.4, -0.2) is 58.1 Å². The second-order valence-corrected chi connectivity index (χ2v) is 8.49. The van der Waals surface area contributed by atoms with Gasteiger partial charge in [-0.1, -0.05) is 6.92 Å². The quantitative estimate of drug-likeness (QED) is 0.273. The maximum atomic E-state index is 12.8. The number of aromatic nitrogens is 2. The number of hydrogen-bond acceptors (Lipinski definition) is 9. The van der Waals surface area contributed by atoms with Crippen LogP contribution in [0.4, 0.5) is 10.7 Å². The molecule has 2 amide bonds. The van der Waals surface area contributed by atoms with Crippen LogP contribution in [0.25, 0.3) is 0 Å². The lowest BCUT2D eigenvalue weighted by Gasteiger charge is -2.09. The second-order valence-electron chi connectivity index (χ2n) is 7.47. The van der Waals surface area contributed by atoms with E-state index >= 15 is 0 Å². The number of thiophene rings is 1. The van der Waals surface area contributed by atoms with Crippen LogP contribution < -0.4 is 5.32 Å². The number of nitrogens with zero attached hydrogens (tertiary/aromatic N) is 4. The topological polar surface area (TPSA) is 150 Å². The number of rotatable bonds is 9. The zero-order chi connectivity index (χ0) is 25.0. The maximum absolute atomic E-state index is 12.8. The number of nitro groups is 1. The highest BCUT2D eigenvalue weighted by atomic mass is 32.1. The molecular formula is C21H23N5O7S. The van der Waals surface area contributed by atoms with Gasteiger partial charge < -0.3 is 19.4 Å². The zero-order valence-corrected chi connectivity index (χ0v) is 19.8. The second kappa shape index (κ2) is 10.3. The summed E-state index contributed by atoms with van der Waals surface area (Å²) in [5.41, 5.74) is 0.372. The van der Waals surface area contributed by atoms with E-state index in [4.69, 9.17) is 9.15 Å². The summed E-state index contributed by atoms with van der Waals surface area (Å²) in [7, 11) is 3.18. The highest BCUT2D eigenvalue weighted by Crippen LogP contribution is 2.35. The van der Waals surface area contributed by atoms with Crippen molar-refractivity contribution in [3.05, 3.63) is 62.2 Å². The molecular weight excluding hydrogens is 466 g/mol. The fourth-order valence-corrected chi connectivity index (χ4v) is 4.18. The molecule has 0 saturated carbocycles. The minimum atomic E-state index is -0.635. The van der Waals surface area contributed by atoms with Gasteiger partial charge in [-0.15, -0.1) is 11.3 Å². The largest absolute Gasteiger partial charge is 0.462 e. The lowest BCUT2D eigenvalue weighted by molar-refractivity contribution is -0.385. The maximum Gasteiger partial charge on any atom is 0.341 e. The average Bonchev–Trinajstić information content (AvgIpc) is 3.51. The van der Waals surface area contributed by atoms with E-state index < -0.39 is 16.8 Å². The van der Waals surface area contributed by atoms with E-state index in [9.17, 15) is 24.5 Å². The number of hydrogen-bond donors (Lipinski definition) is 1. The van der Waals surface area contributed by atoms with Gasteiger partial charge in [0.05, 0.1) is 28.5 Å². The molecule has 0 aliphatic carbocycles. The SMILES string of the molecule is CCCOC(=O)c1c(NC(=O)c2ccc(Cn3cc([N+](=O)[O-])cn3)o2)sc(C(=O)N(C)C)c1C. The van der Waals surface area contributed by atoms with E-state index in [2.05, 4.69) is 10.4 Å². The van der Waals surface area contributed by atoms with Crippen molar-refractivity contribution in [1.82, 2.24) is 14.7 Å². The summed E-state index contributed by atoms with van der Waals surface area (Å²) < 4.78 is 12.1. The monoisotopic (exact) mass is 489 g/mol. The molecule has 34 heavy (non-hydrogen) atoms. The minimum Gasteiger partial charge on any atom is -0.462 e. The molecule has 0 fully saturated rings. The number of ether oxygens (including phenoxy) is 1. The molecule has 13 heteroatoms. The van der Waals surface area contributed by atoms with Crippen molar-refractivity contribution in [2.75, 3.05) is 26.0 Å². The van der Waals surface area contributed by atoms with Crippen LogP contribution in [0.15, 0.2) is 28.9 Å². The summed E-state index contributed by atoms with van der Waals surface area (Å²) in [5, 5.41) is 17.5. The van der Waals surface area contributed by atoms with Crippen molar-refractivity contribution in [1.29, 1.82) is 0 Å². The van der Waals surface area contributed by atoms with E-state index in [1.165, 1.54) is 21.8 Å². The Morgan fingerprint density at radius 3 is 2.68 bits per heavy atom. The molecule has 0 aliphatic rings. The van der Waals surface area contributed by atoms with Crippen molar-refractivity contribution in [2.24, 2.45) is 0 Å². The first-order valence-electron chi connectivity index (χ1n) is 10.2. The molecule has 0 aromatic carbocycles. The molecule has 1 N–H and O–H groups in total. The van der Waals surface area contributed by atoms with E-state index in [0.29, 0.717) is 22.6 Å². The van der Waals surface area contributed by atoms with Gasteiger partial charge in [-0.3, -0.25) is 24.4 Å². The van der Waals surface area contributed by atoms with Crippen LogP contribution in [0.1, 0.15) is 55.3 Å². The Morgan fingerprint density at radius 2 is 2.06 bits per heavy atom. The third-order valence-corrected chi connectivity index (χ3v) is 5.84. The number of amides is 2. The Bertz CT molecular complexity index is 1240. The van der Waals surface area contributed by atoms with E-state index in [1.54, 1.807) is 27.1 Å². The molecule has 180 valence electrons. The first-order valence-corrected chi connectivity index (χ1v) is 11.0. The standard InChI is InChI=1S/C21H23N5O7S/c1-5-8-32-21(29)16-12(2)17(20(28)24(3)4)34-19(16)23-18(27)15-7-6-14(33-15)11-25-10-13(9-22-25)26(30)31/h6-7,9-10H,5,8,11H2,1-4H3,(H,23,27). The number of carbonyl (C=O) groups is 3. The molecule has 0 atom stereocenters. The van der Waals surface area contributed by atoms with Crippen LogP contribution in [0.2, 0.25) is 0 Å². The summed E-state index contributed by atoms with van der Waals surface area (Å²) in [6, 6.07) is 2.98. The summed E-state index contributed by atoms with van der Waals surface area (Å²) in [5.74, 6) is -1.27. The molecule has 0 spiro atoms. The zero-order valence-electron chi connectivity index (χ0n) is 19.0. The van der Waals surface area contributed by atoms with E-state index in [1.807, 2.05) is 6.92 Å². The molecule has 3 aromatic heterocycles. The van der Waals surface area contributed by atoms with Crippen LogP contribution in [0.5, 0.6) is 0 Å². The van der Waals surface area contributed by atoms with Gasteiger partial charge in [0.15, 0.2) is 5.76 Å². The molecule has 0 radical (unpaired) electrons. The smallest absolute Gasteiger partial charge is 0.341 e. The molecule has 0 aliphatic heterocycles. The predicted molar refractivity (Wildman–Crippen MR) is 122 cm³/mol. The van der Waals surface area contributed by atoms with Crippen molar-refractivity contribution in [3.8, 4) is 0 Å². The molecule has 0 saturated heterocycles. The van der Waals surface area contributed by atoms with Crippen LogP contribution in [0, 0.1) is 17.0 Å². The number of esters is 1. The van der Waals surface area contributed by atoms with Crippen LogP contribution in [0.3, 0.4) is 0 Å². The van der Waals surface area contributed by atoms with Crippen LogP contribution in [-0.2, 0) is 11.3 Å². The Balaban J connectivity index is 1.83. The molecule has 3 heterocycles. The third kappa shape index (κ3) is 5.31. The van der Waals surface area contributed by atoms with Gasteiger partial charge in [0, 0.05) is 14.1 Å². The predicted octanol–water partition coefficient (Wildman–Crippen LogP) is 3.32. The number of nitrogens with one attached hydrogen (secondary N) is 1. The van der Waals surface area contributed by atoms with Gasteiger partial charge in [0.2, 0.25) is 0 Å². The summed E-state index contributed by atoms with van der Waals surface area (Å²) >= 11 is 0.979. The Kier molecular flexibility index (Phi) is 7.46. The van der Waals surface area contributed by atoms with E-state index in [0.717, 1.165) is 17.5 Å². The first kappa shape index (κ1) is 24.6. The molecule has 0 unspecified atom stereocenters. The van der Waals surface area contributed by atoms with Gasteiger partial charge in [0.1, 0.15) is 23.2 Å². The van der Waals surface area contributed by atoms with Gasteiger partial charge >= 0.3 is 11.7 Å². The number of furan rings is 1. The van der Waals surface area contributed by atoms with Gasteiger partial charge in [-0.2, -0.15) is 5.10 Å². The van der Waals surface area contributed by atoms with Crippen LogP contribution >= 0.6 is 11.3 Å². The Morgan fingerprint density at radius 1 is 1.32 bits per heavy atom. The average molecular weight is 490 g/mol. The molecule has 3 rings (SSSR count). The van der Waals surface area contributed by atoms with Crippen molar-refractivity contribution < 1.29 is 28.5 Å². The Labute approximate surface area is 198 Å². The number of carbonyl (C=O) groups excluding carboxylic acids is 3. The minimum absolute atomic E-state index is 0.0453. The highest BCUT2D eigenvalue weighted by Gasteiger charge is 2.28. The highest BCUT2D eigenvalue weighted by molar-refractivity contribution is 7.18. The van der Waals surface area contributed by atoms with Crippen molar-refractivity contribution in [3.63, 3.8) is 0 Å². The molecule has 3 aromatic rings. The van der Waals surface area contributed by atoms with Crippen molar-refractivity contribution >= 4 is 39.8 Å². The molecule has 12 nitrogen and oxygen atoms in total.